The van der Waals surface area contributed by atoms with Gasteiger partial charge in [-0.25, -0.2) is 0 Å². The van der Waals surface area contributed by atoms with Crippen molar-refractivity contribution in [1.82, 2.24) is 5.32 Å². The van der Waals surface area contributed by atoms with Crippen LogP contribution in [0, 0.1) is 5.41 Å². The Balaban J connectivity index is 2.16. The highest BCUT2D eigenvalue weighted by molar-refractivity contribution is 5.59. The van der Waals surface area contributed by atoms with E-state index >= 15 is 0 Å². The largest absolute Gasteiger partial charge is 0.381 e. The maximum absolute atomic E-state index is 3.69. The average Bonchev–Trinajstić information content (AvgIpc) is 2.66. The average molecular weight is 232 g/mol. The van der Waals surface area contributed by atoms with Crippen molar-refractivity contribution in [1.29, 1.82) is 0 Å². The van der Waals surface area contributed by atoms with E-state index in [1.165, 1.54) is 11.3 Å². The normalized spacial score (nSPS) is 23.3. The van der Waals surface area contributed by atoms with Gasteiger partial charge >= 0.3 is 0 Å². The lowest BCUT2D eigenvalue weighted by Crippen LogP contribution is -2.43. The summed E-state index contributed by atoms with van der Waals surface area (Å²) in [7, 11) is 0. The molecule has 1 aliphatic heterocycles. The van der Waals surface area contributed by atoms with Crippen LogP contribution in [0.15, 0.2) is 24.3 Å². The third-order valence-electron chi connectivity index (χ3n) is 3.93. The van der Waals surface area contributed by atoms with Crippen LogP contribution in [-0.4, -0.2) is 19.1 Å². The molecule has 0 radical (unpaired) electrons. The molecule has 0 unspecified atom stereocenters. The molecule has 94 valence electrons. The minimum atomic E-state index is 0.258. The Morgan fingerprint density at radius 3 is 2.65 bits per heavy atom. The van der Waals surface area contributed by atoms with Gasteiger partial charge in [-0.05, 0) is 23.6 Å². The van der Waals surface area contributed by atoms with E-state index in [9.17, 15) is 0 Å². The highest BCUT2D eigenvalue weighted by Crippen LogP contribution is 2.42. The molecule has 2 N–H and O–H groups in total. The van der Waals surface area contributed by atoms with E-state index in [1.807, 2.05) is 0 Å². The summed E-state index contributed by atoms with van der Waals surface area (Å²) in [6.45, 7) is 11.3. The van der Waals surface area contributed by atoms with Crippen molar-refractivity contribution in [2.75, 3.05) is 18.4 Å². The van der Waals surface area contributed by atoms with Crippen molar-refractivity contribution in [3.8, 4) is 0 Å². The number of fused-ring (bicyclic) bond motifs is 1. The Morgan fingerprint density at radius 1 is 1.29 bits per heavy atom. The minimum Gasteiger partial charge on any atom is -0.381 e. The van der Waals surface area contributed by atoms with Crippen molar-refractivity contribution in [2.45, 2.75) is 39.7 Å². The summed E-state index contributed by atoms with van der Waals surface area (Å²) in [5.41, 5.74) is 3.03. The fraction of sp³-hybridized carbons (Fsp3) is 0.600. The van der Waals surface area contributed by atoms with Gasteiger partial charge in [0.1, 0.15) is 0 Å². The lowest BCUT2D eigenvalue weighted by atomic mass is 9.77. The van der Waals surface area contributed by atoms with Crippen LogP contribution in [0.25, 0.3) is 0 Å². The molecule has 0 aromatic heterocycles. The highest BCUT2D eigenvalue weighted by atomic mass is 15.0. The molecule has 0 saturated carbocycles. The summed E-state index contributed by atoms with van der Waals surface area (Å²) in [4.78, 5) is 0. The van der Waals surface area contributed by atoms with Crippen LogP contribution in [0.2, 0.25) is 0 Å². The summed E-state index contributed by atoms with van der Waals surface area (Å²) in [6.07, 6.45) is 0. The Morgan fingerprint density at radius 2 is 2.00 bits per heavy atom. The second-order valence-electron chi connectivity index (χ2n) is 5.77. The first-order chi connectivity index (χ1) is 8.06. The SMILES string of the molecule is CCNCC(C)(C)[C@@H]1Nc2ccccc2[C@@H]1C. The smallest absolute Gasteiger partial charge is 0.0391 e. The first kappa shape index (κ1) is 12.4. The molecule has 0 fully saturated rings. The van der Waals surface area contributed by atoms with Crippen LogP contribution >= 0.6 is 0 Å². The minimum absolute atomic E-state index is 0.258. The van der Waals surface area contributed by atoms with Crippen molar-refractivity contribution < 1.29 is 0 Å². The van der Waals surface area contributed by atoms with E-state index in [2.05, 4.69) is 62.6 Å². The van der Waals surface area contributed by atoms with Gasteiger partial charge in [-0.1, -0.05) is 45.9 Å². The third kappa shape index (κ3) is 2.32. The van der Waals surface area contributed by atoms with Gasteiger partial charge in [0.15, 0.2) is 0 Å². The van der Waals surface area contributed by atoms with E-state index in [4.69, 9.17) is 0 Å². The Kier molecular flexibility index (Phi) is 3.43. The summed E-state index contributed by atoms with van der Waals surface area (Å²) >= 11 is 0. The second kappa shape index (κ2) is 4.69. The first-order valence-electron chi connectivity index (χ1n) is 6.62. The Hall–Kier alpha value is -1.02. The van der Waals surface area contributed by atoms with E-state index in [0.29, 0.717) is 12.0 Å². The van der Waals surface area contributed by atoms with Crippen molar-refractivity contribution in [3.05, 3.63) is 29.8 Å². The maximum atomic E-state index is 3.69. The quantitative estimate of drug-likeness (QED) is 0.833. The molecule has 2 atom stereocenters. The van der Waals surface area contributed by atoms with Gasteiger partial charge in [0.25, 0.3) is 0 Å². The number of benzene rings is 1. The molecule has 1 aromatic carbocycles. The molecule has 1 heterocycles. The first-order valence-corrected chi connectivity index (χ1v) is 6.62. The molecule has 1 aromatic rings. The zero-order chi connectivity index (χ0) is 12.5. The van der Waals surface area contributed by atoms with Crippen molar-refractivity contribution >= 4 is 5.69 Å². The van der Waals surface area contributed by atoms with E-state index in [0.717, 1.165) is 13.1 Å². The lowest BCUT2D eigenvalue weighted by molar-refractivity contribution is 0.273. The van der Waals surface area contributed by atoms with Crippen LogP contribution < -0.4 is 10.6 Å². The van der Waals surface area contributed by atoms with Gasteiger partial charge in [0, 0.05) is 24.2 Å². The molecule has 2 rings (SSSR count). The lowest BCUT2D eigenvalue weighted by Gasteiger charge is -2.35. The standard InChI is InChI=1S/C15H24N2/c1-5-16-10-15(3,4)14-11(2)12-8-6-7-9-13(12)17-14/h6-9,11,14,16-17H,5,10H2,1-4H3/t11-,14+/m0/s1. The van der Waals surface area contributed by atoms with Gasteiger partial charge in [-0.15, -0.1) is 0 Å². The molecular weight excluding hydrogens is 208 g/mol. The zero-order valence-electron chi connectivity index (χ0n) is 11.4. The predicted octanol–water partition coefficient (Wildman–Crippen LogP) is 3.22. The van der Waals surface area contributed by atoms with Gasteiger partial charge in [-0.2, -0.15) is 0 Å². The van der Waals surface area contributed by atoms with Gasteiger partial charge < -0.3 is 10.6 Å². The van der Waals surface area contributed by atoms with Gasteiger partial charge in [-0.3, -0.25) is 0 Å². The van der Waals surface area contributed by atoms with E-state index in [-0.39, 0.29) is 5.41 Å². The number of para-hydroxylation sites is 1. The molecule has 0 saturated heterocycles. The summed E-state index contributed by atoms with van der Waals surface area (Å²) < 4.78 is 0. The van der Waals surface area contributed by atoms with Crippen LogP contribution in [-0.2, 0) is 0 Å². The molecule has 2 heteroatoms. The number of hydrogen-bond donors (Lipinski definition) is 2. The van der Waals surface area contributed by atoms with Crippen molar-refractivity contribution in [3.63, 3.8) is 0 Å². The third-order valence-corrected chi connectivity index (χ3v) is 3.93. The topological polar surface area (TPSA) is 24.1 Å². The Bertz CT molecular complexity index is 384. The Labute approximate surface area is 105 Å². The fourth-order valence-corrected chi connectivity index (χ4v) is 2.93. The molecule has 0 aliphatic carbocycles. The molecule has 0 spiro atoms. The molecular formula is C15H24N2. The molecule has 17 heavy (non-hydrogen) atoms. The molecule has 0 bridgehead atoms. The van der Waals surface area contributed by atoms with Gasteiger partial charge in [0.2, 0.25) is 0 Å². The van der Waals surface area contributed by atoms with E-state index in [1.54, 1.807) is 0 Å². The summed E-state index contributed by atoms with van der Waals surface area (Å²) in [5.74, 6) is 0.583. The fourth-order valence-electron chi connectivity index (χ4n) is 2.93. The molecule has 0 amide bonds. The maximum Gasteiger partial charge on any atom is 0.0391 e. The van der Waals surface area contributed by atoms with E-state index < -0.39 is 0 Å². The zero-order valence-corrected chi connectivity index (χ0v) is 11.4. The number of rotatable bonds is 4. The van der Waals surface area contributed by atoms with Crippen LogP contribution in [0.1, 0.15) is 39.2 Å². The van der Waals surface area contributed by atoms with Crippen LogP contribution in [0.4, 0.5) is 5.69 Å². The monoisotopic (exact) mass is 232 g/mol. The van der Waals surface area contributed by atoms with Crippen molar-refractivity contribution in [2.24, 2.45) is 5.41 Å². The number of nitrogens with one attached hydrogen (secondary N) is 2. The highest BCUT2D eigenvalue weighted by Gasteiger charge is 2.38. The number of hydrogen-bond acceptors (Lipinski definition) is 2. The summed E-state index contributed by atoms with van der Waals surface area (Å²) in [6, 6.07) is 9.19. The second-order valence-corrected chi connectivity index (χ2v) is 5.77. The van der Waals surface area contributed by atoms with Gasteiger partial charge in [0.05, 0.1) is 0 Å². The predicted molar refractivity (Wildman–Crippen MR) is 74.6 cm³/mol. The van der Waals surface area contributed by atoms with Crippen LogP contribution in [0.3, 0.4) is 0 Å². The molecule has 2 nitrogen and oxygen atoms in total. The van der Waals surface area contributed by atoms with Crippen LogP contribution in [0.5, 0.6) is 0 Å². The summed E-state index contributed by atoms with van der Waals surface area (Å²) in [5, 5.41) is 7.17. The number of anilines is 1. The molecule has 1 aliphatic rings.